The predicted octanol–water partition coefficient (Wildman–Crippen LogP) is 3.57. The predicted molar refractivity (Wildman–Crippen MR) is 63.5 cm³/mol. The summed E-state index contributed by atoms with van der Waals surface area (Å²) in [6.07, 6.45) is 6.71. The Morgan fingerprint density at radius 2 is 2.13 bits per heavy atom. The molecule has 0 fully saturated rings. The molecule has 0 aromatic heterocycles. The van der Waals surface area contributed by atoms with Gasteiger partial charge in [-0.1, -0.05) is 18.2 Å². The normalized spacial score (nSPS) is 20.1. The zero-order valence-electron chi connectivity index (χ0n) is 9.71. The van der Waals surface area contributed by atoms with E-state index in [-0.39, 0.29) is 6.10 Å². The van der Waals surface area contributed by atoms with Gasteiger partial charge < -0.3 is 4.74 Å². The molecule has 0 bridgehead atoms. The van der Waals surface area contributed by atoms with Gasteiger partial charge in [0, 0.05) is 0 Å². The van der Waals surface area contributed by atoms with Crippen LogP contribution in [0.15, 0.2) is 24.3 Å². The van der Waals surface area contributed by atoms with Crippen molar-refractivity contribution >= 4 is 0 Å². The van der Waals surface area contributed by atoms with Crippen LogP contribution < -0.4 is 4.74 Å². The lowest BCUT2D eigenvalue weighted by atomic mass is 9.97. The van der Waals surface area contributed by atoms with Crippen molar-refractivity contribution in [2.45, 2.75) is 39.7 Å². The first-order valence-electron chi connectivity index (χ1n) is 5.61. The highest BCUT2D eigenvalue weighted by Crippen LogP contribution is 2.32. The highest BCUT2D eigenvalue weighted by Gasteiger charge is 2.19. The van der Waals surface area contributed by atoms with Crippen LogP contribution in [0.4, 0.5) is 0 Å². The van der Waals surface area contributed by atoms with Crippen molar-refractivity contribution in [2.24, 2.45) is 0 Å². The average molecular weight is 202 g/mol. The lowest BCUT2D eigenvalue weighted by molar-refractivity contribution is 0.217. The summed E-state index contributed by atoms with van der Waals surface area (Å²) >= 11 is 0. The molecular weight excluding hydrogens is 184 g/mol. The van der Waals surface area contributed by atoms with Crippen molar-refractivity contribution in [2.75, 3.05) is 0 Å². The van der Waals surface area contributed by atoms with Crippen LogP contribution in [0.25, 0.3) is 0 Å². The molecule has 1 nitrogen and oxygen atoms in total. The van der Waals surface area contributed by atoms with E-state index in [1.165, 1.54) is 16.7 Å². The Morgan fingerprint density at radius 3 is 2.87 bits per heavy atom. The molecule has 15 heavy (non-hydrogen) atoms. The molecule has 1 heterocycles. The monoisotopic (exact) mass is 202 g/mol. The maximum Gasteiger partial charge on any atom is 0.126 e. The number of benzene rings is 1. The highest BCUT2D eigenvalue weighted by molar-refractivity contribution is 5.46. The Kier molecular flexibility index (Phi) is 2.81. The topological polar surface area (TPSA) is 9.23 Å². The molecule has 80 valence electrons. The van der Waals surface area contributed by atoms with E-state index in [9.17, 15) is 0 Å². The van der Waals surface area contributed by atoms with Crippen molar-refractivity contribution in [3.05, 3.63) is 41.0 Å². The summed E-state index contributed by atoms with van der Waals surface area (Å²) < 4.78 is 6.00. The largest absolute Gasteiger partial charge is 0.486 e. The minimum absolute atomic E-state index is 0.267. The summed E-state index contributed by atoms with van der Waals surface area (Å²) in [6.45, 7) is 6.33. The van der Waals surface area contributed by atoms with E-state index in [1.807, 2.05) is 6.92 Å². The van der Waals surface area contributed by atoms with Gasteiger partial charge in [0.15, 0.2) is 0 Å². The summed E-state index contributed by atoms with van der Waals surface area (Å²) in [5, 5.41) is 0. The molecule has 1 unspecified atom stereocenters. The van der Waals surface area contributed by atoms with Crippen LogP contribution in [0.5, 0.6) is 5.75 Å². The van der Waals surface area contributed by atoms with Crippen LogP contribution in [0, 0.1) is 13.8 Å². The van der Waals surface area contributed by atoms with E-state index < -0.39 is 0 Å². The van der Waals surface area contributed by atoms with Gasteiger partial charge in [0.05, 0.1) is 0 Å². The van der Waals surface area contributed by atoms with Gasteiger partial charge in [-0.3, -0.25) is 0 Å². The molecule has 0 aliphatic carbocycles. The van der Waals surface area contributed by atoms with Gasteiger partial charge in [-0.05, 0) is 56.4 Å². The molecule has 0 saturated heterocycles. The number of hydrogen-bond acceptors (Lipinski definition) is 1. The standard InChI is InChI=1S/C14H18O/c1-4-5-13-9-8-12-7-6-10(2)11(3)14(12)15-13/h4-7,13H,8-9H2,1-3H3/b5-4+. The van der Waals surface area contributed by atoms with Gasteiger partial charge >= 0.3 is 0 Å². The van der Waals surface area contributed by atoms with Gasteiger partial charge in [-0.25, -0.2) is 0 Å². The van der Waals surface area contributed by atoms with Gasteiger partial charge in [0.1, 0.15) is 11.9 Å². The second-order valence-corrected chi connectivity index (χ2v) is 4.22. The molecule has 1 aromatic carbocycles. The summed E-state index contributed by atoms with van der Waals surface area (Å²) in [5.41, 5.74) is 3.97. The Labute approximate surface area is 91.8 Å². The molecule has 0 saturated carbocycles. The number of ether oxygens (including phenoxy) is 1. The van der Waals surface area contributed by atoms with Crippen LogP contribution in [-0.2, 0) is 6.42 Å². The van der Waals surface area contributed by atoms with Crippen LogP contribution in [0.2, 0.25) is 0 Å². The van der Waals surface area contributed by atoms with Gasteiger partial charge in [0.25, 0.3) is 0 Å². The molecule has 1 aromatic rings. The molecule has 2 rings (SSSR count). The van der Waals surface area contributed by atoms with Crippen molar-refractivity contribution in [1.82, 2.24) is 0 Å². The first-order chi connectivity index (χ1) is 7.22. The van der Waals surface area contributed by atoms with E-state index in [1.54, 1.807) is 0 Å². The molecule has 0 amide bonds. The van der Waals surface area contributed by atoms with Crippen molar-refractivity contribution < 1.29 is 4.74 Å². The number of rotatable bonds is 1. The van der Waals surface area contributed by atoms with Crippen molar-refractivity contribution in [3.8, 4) is 5.75 Å². The summed E-state index contributed by atoms with van der Waals surface area (Å²) in [7, 11) is 0. The van der Waals surface area contributed by atoms with Crippen LogP contribution in [-0.4, -0.2) is 6.10 Å². The third kappa shape index (κ3) is 1.92. The van der Waals surface area contributed by atoms with Crippen molar-refractivity contribution in [3.63, 3.8) is 0 Å². The minimum atomic E-state index is 0.267. The van der Waals surface area contributed by atoms with Gasteiger partial charge in [-0.2, -0.15) is 0 Å². The molecule has 0 N–H and O–H groups in total. The van der Waals surface area contributed by atoms with Crippen LogP contribution in [0.1, 0.15) is 30.0 Å². The van der Waals surface area contributed by atoms with Gasteiger partial charge in [-0.15, -0.1) is 0 Å². The molecule has 1 atom stereocenters. The maximum atomic E-state index is 6.00. The quantitative estimate of drug-likeness (QED) is 0.632. The molecule has 1 heteroatoms. The van der Waals surface area contributed by atoms with Gasteiger partial charge in [0.2, 0.25) is 0 Å². The molecule has 0 radical (unpaired) electrons. The lowest BCUT2D eigenvalue weighted by Crippen LogP contribution is -2.21. The summed E-state index contributed by atoms with van der Waals surface area (Å²) in [5.74, 6) is 1.12. The molecular formula is C14H18O. The first kappa shape index (κ1) is 10.3. The van der Waals surface area contributed by atoms with Crippen LogP contribution >= 0.6 is 0 Å². The lowest BCUT2D eigenvalue weighted by Gasteiger charge is -2.26. The molecule has 1 aliphatic rings. The van der Waals surface area contributed by atoms with E-state index >= 15 is 0 Å². The second-order valence-electron chi connectivity index (χ2n) is 4.22. The second kappa shape index (κ2) is 4.09. The Balaban J connectivity index is 2.35. The fourth-order valence-corrected chi connectivity index (χ4v) is 2.07. The SMILES string of the molecule is C/C=C/C1CCc2ccc(C)c(C)c2O1. The highest BCUT2D eigenvalue weighted by atomic mass is 16.5. The third-order valence-electron chi connectivity index (χ3n) is 3.13. The van der Waals surface area contributed by atoms with E-state index in [0.717, 1.165) is 18.6 Å². The fraction of sp³-hybridized carbons (Fsp3) is 0.429. The van der Waals surface area contributed by atoms with E-state index in [0.29, 0.717) is 0 Å². The number of fused-ring (bicyclic) bond motifs is 1. The van der Waals surface area contributed by atoms with Crippen LogP contribution in [0.3, 0.4) is 0 Å². The third-order valence-corrected chi connectivity index (χ3v) is 3.13. The Morgan fingerprint density at radius 1 is 1.33 bits per heavy atom. The first-order valence-corrected chi connectivity index (χ1v) is 5.61. The van der Waals surface area contributed by atoms with Crippen molar-refractivity contribution in [1.29, 1.82) is 0 Å². The smallest absolute Gasteiger partial charge is 0.126 e. The summed E-state index contributed by atoms with van der Waals surface area (Å²) in [6, 6.07) is 4.39. The summed E-state index contributed by atoms with van der Waals surface area (Å²) in [4.78, 5) is 0. The fourth-order valence-electron chi connectivity index (χ4n) is 2.07. The molecule has 0 spiro atoms. The average Bonchev–Trinajstić information content (AvgIpc) is 2.25. The van der Waals surface area contributed by atoms with E-state index in [2.05, 4.69) is 38.1 Å². The number of aryl methyl sites for hydroxylation is 2. The minimum Gasteiger partial charge on any atom is -0.486 e. The zero-order valence-corrected chi connectivity index (χ0v) is 9.71. The number of allylic oxidation sites excluding steroid dienone is 1. The zero-order chi connectivity index (χ0) is 10.8. The molecule has 1 aliphatic heterocycles. The van der Waals surface area contributed by atoms with E-state index in [4.69, 9.17) is 4.74 Å². The Hall–Kier alpha value is -1.24. The Bertz CT molecular complexity index is 391. The maximum absolute atomic E-state index is 6.00. The number of hydrogen-bond donors (Lipinski definition) is 0.